The van der Waals surface area contributed by atoms with E-state index >= 15 is 0 Å². The van der Waals surface area contributed by atoms with Gasteiger partial charge in [0.25, 0.3) is 0 Å². The van der Waals surface area contributed by atoms with Crippen LogP contribution in [-0.2, 0) is 22.6 Å². The van der Waals surface area contributed by atoms with Crippen molar-refractivity contribution in [2.45, 2.75) is 13.1 Å². The molecule has 2 aromatic carbocycles. The molecule has 6 rings (SSSR count). The second-order valence-electron chi connectivity index (χ2n) is 9.84. The van der Waals surface area contributed by atoms with Crippen LogP contribution in [0.1, 0.15) is 15.9 Å². The molecule has 0 atom stereocenters. The normalized spacial score (nSPS) is 13.8. The van der Waals surface area contributed by atoms with Gasteiger partial charge in [-0.05, 0) is 35.9 Å². The Bertz CT molecular complexity index is 1680. The van der Waals surface area contributed by atoms with E-state index in [0.717, 1.165) is 59.1 Å². The number of benzene rings is 2. The van der Waals surface area contributed by atoms with Crippen molar-refractivity contribution >= 4 is 33.2 Å². The van der Waals surface area contributed by atoms with Crippen LogP contribution in [0.5, 0.6) is 11.5 Å². The number of fused-ring (bicyclic) bond motifs is 1. The van der Waals surface area contributed by atoms with Gasteiger partial charge in [0.1, 0.15) is 12.4 Å². The molecule has 1 saturated heterocycles. The maximum Gasteiger partial charge on any atom is 0.338 e. The van der Waals surface area contributed by atoms with Crippen LogP contribution in [0.25, 0.3) is 20.7 Å². The van der Waals surface area contributed by atoms with Gasteiger partial charge in [-0.2, -0.15) is 5.10 Å². The second kappa shape index (κ2) is 12.7. The van der Waals surface area contributed by atoms with Gasteiger partial charge in [0.2, 0.25) is 0 Å². The number of esters is 1. The molecule has 5 aromatic rings. The number of carbonyl (C=O) groups excluding carboxylic acids is 1. The molecule has 1 aliphatic rings. The molecule has 0 aliphatic carbocycles. The predicted octanol–water partition coefficient (Wildman–Crippen LogP) is 5.82. The summed E-state index contributed by atoms with van der Waals surface area (Å²) in [6.45, 7) is 4.81. The smallest absolute Gasteiger partial charge is 0.338 e. The summed E-state index contributed by atoms with van der Waals surface area (Å²) in [5.41, 5.74) is 3.99. The zero-order chi connectivity index (χ0) is 28.9. The summed E-state index contributed by atoms with van der Waals surface area (Å²) in [6, 6.07) is 16.0. The Morgan fingerprint density at radius 2 is 1.93 bits per heavy atom. The molecule has 216 valence electrons. The number of ether oxygens (including phenoxy) is 3. The molecule has 0 spiro atoms. The van der Waals surface area contributed by atoms with Crippen molar-refractivity contribution in [1.29, 1.82) is 0 Å². The number of halogens is 1. The first kappa shape index (κ1) is 27.8. The molecule has 42 heavy (non-hydrogen) atoms. The quantitative estimate of drug-likeness (QED) is 0.205. The van der Waals surface area contributed by atoms with Gasteiger partial charge in [0.05, 0.1) is 41.7 Å². The minimum absolute atomic E-state index is 0.141. The Labute approximate surface area is 246 Å². The first-order chi connectivity index (χ1) is 20.6. The maximum absolute atomic E-state index is 14.5. The first-order valence-electron chi connectivity index (χ1n) is 13.7. The van der Waals surface area contributed by atoms with Gasteiger partial charge in [-0.25, -0.2) is 9.18 Å². The maximum atomic E-state index is 14.5. The molecule has 1 fully saturated rings. The highest BCUT2D eigenvalue weighted by molar-refractivity contribution is 7.22. The van der Waals surface area contributed by atoms with E-state index in [-0.39, 0.29) is 18.3 Å². The van der Waals surface area contributed by atoms with E-state index in [9.17, 15) is 9.18 Å². The number of morpholine rings is 1. The third kappa shape index (κ3) is 6.43. The number of pyridine rings is 1. The van der Waals surface area contributed by atoms with E-state index in [1.807, 2.05) is 36.5 Å². The zero-order valence-electron chi connectivity index (χ0n) is 23.1. The van der Waals surface area contributed by atoms with Crippen molar-refractivity contribution in [3.63, 3.8) is 0 Å². The molecule has 11 heteroatoms. The molecular weight excluding hydrogens is 557 g/mol. The molecule has 0 saturated carbocycles. The largest absolute Gasteiger partial charge is 0.460 e. The number of anilines is 1. The third-order valence-corrected chi connectivity index (χ3v) is 8.18. The molecule has 0 amide bonds. The number of carbonyl (C=O) groups is 1. The van der Waals surface area contributed by atoms with Crippen LogP contribution in [0, 0.1) is 5.82 Å². The summed E-state index contributed by atoms with van der Waals surface area (Å²) in [5, 5.41) is 7.34. The monoisotopic (exact) mass is 587 g/mol. The number of hydrogen-bond donors (Lipinski definition) is 1. The lowest BCUT2D eigenvalue weighted by molar-refractivity contribution is 0.0342. The van der Waals surface area contributed by atoms with E-state index in [1.165, 1.54) is 17.4 Å². The Morgan fingerprint density at radius 3 is 2.71 bits per heavy atom. The van der Waals surface area contributed by atoms with Gasteiger partial charge >= 0.3 is 5.97 Å². The predicted molar refractivity (Wildman–Crippen MR) is 160 cm³/mol. The Kier molecular flexibility index (Phi) is 8.40. The second-order valence-corrected chi connectivity index (χ2v) is 10.9. The number of nitrogens with one attached hydrogen (secondary N) is 1. The minimum Gasteiger partial charge on any atom is -0.460 e. The number of nitrogens with zero attached hydrogens (tertiary/aromatic N) is 4. The first-order valence-corrected chi connectivity index (χ1v) is 14.5. The minimum atomic E-state index is -0.452. The molecule has 9 nitrogen and oxygen atoms in total. The van der Waals surface area contributed by atoms with Crippen LogP contribution >= 0.6 is 11.3 Å². The van der Waals surface area contributed by atoms with Crippen molar-refractivity contribution in [2.24, 2.45) is 0 Å². The fourth-order valence-electron chi connectivity index (χ4n) is 4.69. The van der Waals surface area contributed by atoms with Crippen LogP contribution in [0.15, 0.2) is 73.2 Å². The molecule has 3 aromatic heterocycles. The van der Waals surface area contributed by atoms with Crippen LogP contribution in [0.4, 0.5) is 10.1 Å². The molecule has 1 N–H and O–H groups in total. The number of hydrogen-bond acceptors (Lipinski definition) is 9. The van der Waals surface area contributed by atoms with Crippen LogP contribution in [0.3, 0.4) is 0 Å². The van der Waals surface area contributed by atoms with Crippen molar-refractivity contribution in [1.82, 2.24) is 19.7 Å². The van der Waals surface area contributed by atoms with E-state index in [1.54, 1.807) is 42.3 Å². The van der Waals surface area contributed by atoms with E-state index in [0.29, 0.717) is 23.5 Å². The van der Waals surface area contributed by atoms with Gasteiger partial charge < -0.3 is 19.5 Å². The van der Waals surface area contributed by atoms with Crippen LogP contribution in [-0.4, -0.2) is 65.6 Å². The third-order valence-electron chi connectivity index (χ3n) is 6.99. The molecular formula is C31H30FN5O4S. The Balaban J connectivity index is 1.05. The summed E-state index contributed by atoms with van der Waals surface area (Å²) < 4.78 is 33.9. The van der Waals surface area contributed by atoms with E-state index < -0.39 is 5.82 Å². The fraction of sp³-hybridized carbons (Fsp3) is 0.258. The summed E-state index contributed by atoms with van der Waals surface area (Å²) in [5.74, 6) is -0.143. The van der Waals surface area contributed by atoms with Crippen molar-refractivity contribution in [2.75, 3.05) is 45.3 Å². The highest BCUT2D eigenvalue weighted by atomic mass is 32.1. The SMILES string of the molecule is CNc1ccc(Oc2ccnc3cc(-c4cnn(CCOC(=O)c5ccc(CN6CCOCC6)cc5)c4)sc23)c(F)c1. The average molecular weight is 588 g/mol. The highest BCUT2D eigenvalue weighted by Crippen LogP contribution is 2.39. The molecule has 0 unspecified atom stereocenters. The van der Waals surface area contributed by atoms with Crippen LogP contribution < -0.4 is 10.1 Å². The van der Waals surface area contributed by atoms with Crippen molar-refractivity contribution in [3.05, 3.63) is 90.1 Å². The summed E-state index contributed by atoms with van der Waals surface area (Å²) >= 11 is 1.49. The van der Waals surface area contributed by atoms with Crippen LogP contribution in [0.2, 0.25) is 0 Å². The summed E-state index contributed by atoms with van der Waals surface area (Å²) in [7, 11) is 1.73. The topological polar surface area (TPSA) is 90.7 Å². The molecule has 1 aliphatic heterocycles. The fourth-order valence-corrected chi connectivity index (χ4v) is 5.73. The highest BCUT2D eigenvalue weighted by Gasteiger charge is 2.15. The van der Waals surface area contributed by atoms with Crippen molar-refractivity contribution < 1.29 is 23.4 Å². The number of thiophene rings is 1. The molecule has 0 radical (unpaired) electrons. The lowest BCUT2D eigenvalue weighted by atomic mass is 10.1. The molecule has 0 bridgehead atoms. The van der Waals surface area contributed by atoms with Gasteiger partial charge in [-0.1, -0.05) is 12.1 Å². The Hall–Kier alpha value is -4.32. The lowest BCUT2D eigenvalue weighted by Gasteiger charge is -2.26. The van der Waals surface area contributed by atoms with Crippen molar-refractivity contribution in [3.8, 4) is 21.9 Å². The average Bonchev–Trinajstić information content (AvgIpc) is 3.67. The molecule has 4 heterocycles. The van der Waals surface area contributed by atoms with Gasteiger partial charge in [0.15, 0.2) is 11.6 Å². The summed E-state index contributed by atoms with van der Waals surface area (Å²) in [4.78, 5) is 20.3. The zero-order valence-corrected chi connectivity index (χ0v) is 23.9. The number of aromatic nitrogens is 3. The Morgan fingerprint density at radius 1 is 1.10 bits per heavy atom. The van der Waals surface area contributed by atoms with Gasteiger partial charge in [-0.15, -0.1) is 11.3 Å². The van der Waals surface area contributed by atoms with E-state index in [2.05, 4.69) is 20.3 Å². The summed E-state index contributed by atoms with van der Waals surface area (Å²) in [6.07, 6.45) is 5.30. The standard InChI is InChI=1S/C31H30FN5O4S/c1-33-24-6-7-27(25(32)16-24)41-28-8-9-34-26-17-29(42-30(26)28)23-18-35-37(20-23)12-15-40-31(38)22-4-2-21(3-5-22)19-36-10-13-39-14-11-36/h2-9,16-18,20,33H,10-15,19H2,1H3. The van der Waals surface area contributed by atoms with Gasteiger partial charge in [-0.3, -0.25) is 14.6 Å². The number of rotatable bonds is 10. The van der Waals surface area contributed by atoms with E-state index in [4.69, 9.17) is 14.2 Å². The lowest BCUT2D eigenvalue weighted by Crippen LogP contribution is -2.35. The van der Waals surface area contributed by atoms with Gasteiger partial charge in [0, 0.05) is 67.3 Å².